The lowest BCUT2D eigenvalue weighted by atomic mass is 9.89. The molecule has 4 rings (SSSR count). The van der Waals surface area contributed by atoms with Crippen molar-refractivity contribution in [3.63, 3.8) is 0 Å². The summed E-state index contributed by atoms with van der Waals surface area (Å²) in [5, 5.41) is 11.2. The van der Waals surface area contributed by atoms with Crippen LogP contribution in [0.2, 0.25) is 0 Å². The highest BCUT2D eigenvalue weighted by molar-refractivity contribution is 5.98. The van der Waals surface area contributed by atoms with E-state index < -0.39 is 29.6 Å². The Balaban J connectivity index is 1.28. The van der Waals surface area contributed by atoms with E-state index in [0.717, 1.165) is 50.3 Å². The predicted molar refractivity (Wildman–Crippen MR) is 165 cm³/mol. The van der Waals surface area contributed by atoms with Crippen LogP contribution in [-0.4, -0.2) is 62.6 Å². The summed E-state index contributed by atoms with van der Waals surface area (Å²) in [6.45, 7) is 9.17. The molecular weight excluding hydrogens is 568 g/mol. The molecule has 0 radical (unpaired) electrons. The van der Waals surface area contributed by atoms with Crippen LogP contribution in [0.4, 0.5) is 19.3 Å². The van der Waals surface area contributed by atoms with E-state index in [1.54, 1.807) is 0 Å². The molecule has 11 heteroatoms. The molecule has 1 unspecified atom stereocenters. The number of nitrogens with zero attached hydrogens (tertiary/aromatic N) is 1. The van der Waals surface area contributed by atoms with Gasteiger partial charge >= 0.3 is 6.03 Å². The minimum Gasteiger partial charge on any atom is -0.378 e. The summed E-state index contributed by atoms with van der Waals surface area (Å²) in [6.07, 6.45) is 3.18. The zero-order chi connectivity index (χ0) is 31.9. The summed E-state index contributed by atoms with van der Waals surface area (Å²) in [4.78, 5) is 40.3. The monoisotopic (exact) mass is 611 g/mol. The molecule has 1 atom stereocenters. The molecule has 4 amide bonds. The summed E-state index contributed by atoms with van der Waals surface area (Å²) in [5.41, 5.74) is 2.70. The number of rotatable bonds is 11. The number of methoxy groups -OCH3 is 1. The van der Waals surface area contributed by atoms with Gasteiger partial charge in [0.05, 0.1) is 23.9 Å². The third kappa shape index (κ3) is 9.09. The van der Waals surface area contributed by atoms with E-state index in [1.165, 1.54) is 18.7 Å². The zero-order valence-corrected chi connectivity index (χ0v) is 25.9. The summed E-state index contributed by atoms with van der Waals surface area (Å²) in [7, 11) is 1.44. The first-order chi connectivity index (χ1) is 20.9. The fourth-order valence-electron chi connectivity index (χ4n) is 5.73. The number of hydrogen-bond acceptors (Lipinski definition) is 5. The molecular formula is C33H43F2N5O4. The van der Waals surface area contributed by atoms with Crippen LogP contribution < -0.4 is 21.3 Å². The molecule has 9 nitrogen and oxygen atoms in total. The molecule has 2 aromatic carbocycles. The Bertz CT molecular complexity index is 1380. The van der Waals surface area contributed by atoms with E-state index in [4.69, 9.17) is 4.74 Å². The van der Waals surface area contributed by atoms with Gasteiger partial charge in [-0.3, -0.25) is 9.59 Å². The van der Waals surface area contributed by atoms with Crippen LogP contribution in [0.1, 0.15) is 69.5 Å². The number of carbonyl (C=O) groups is 3. The lowest BCUT2D eigenvalue weighted by molar-refractivity contribution is -0.118. The van der Waals surface area contributed by atoms with E-state index in [9.17, 15) is 23.2 Å². The molecule has 2 aliphatic heterocycles. The van der Waals surface area contributed by atoms with Crippen molar-refractivity contribution in [1.82, 2.24) is 20.9 Å². The van der Waals surface area contributed by atoms with Crippen LogP contribution in [0.5, 0.6) is 0 Å². The van der Waals surface area contributed by atoms with Gasteiger partial charge in [-0.25, -0.2) is 13.6 Å². The molecule has 2 aliphatic rings. The molecule has 2 heterocycles. The Morgan fingerprint density at radius 1 is 1.05 bits per heavy atom. The van der Waals surface area contributed by atoms with Gasteiger partial charge in [-0.15, -0.1) is 0 Å². The lowest BCUT2D eigenvalue weighted by Crippen LogP contribution is -2.48. The molecule has 238 valence electrons. The average molecular weight is 612 g/mol. The topological polar surface area (TPSA) is 112 Å². The highest BCUT2D eigenvalue weighted by Gasteiger charge is 2.33. The molecule has 0 aliphatic carbocycles. The average Bonchev–Trinajstić information content (AvgIpc) is 2.96. The van der Waals surface area contributed by atoms with E-state index in [1.807, 2.05) is 32.9 Å². The first kappa shape index (κ1) is 33.1. The second kappa shape index (κ2) is 14.8. The number of piperidine rings is 1. The molecule has 0 bridgehead atoms. The number of ether oxygens (including phenoxy) is 1. The standard InChI is InChI=1S/C33H43F2N5O4/c1-33(2,3)19-28(41)37-24-8-5-7-22(17-24)21-11-15-40(16-12-21)14-6-13-36-31(42)29-27(20-44-4)38-32(43)39-30(29)23-9-10-25(34)26(35)18-23/h5,7-10,17-18,21,30H,6,11-16,19-20H2,1-4H3,(H,36,42)(H,37,41)(H2,38,39,43). The van der Waals surface area contributed by atoms with E-state index >= 15 is 0 Å². The molecule has 0 aromatic heterocycles. The van der Waals surface area contributed by atoms with E-state index in [0.29, 0.717) is 25.3 Å². The summed E-state index contributed by atoms with van der Waals surface area (Å²) >= 11 is 0. The van der Waals surface area contributed by atoms with Crippen LogP contribution in [0, 0.1) is 17.0 Å². The number of urea groups is 1. The number of anilines is 1. The van der Waals surface area contributed by atoms with Crippen molar-refractivity contribution in [2.45, 2.75) is 58.4 Å². The smallest absolute Gasteiger partial charge is 0.319 e. The normalized spacial score (nSPS) is 18.0. The highest BCUT2D eigenvalue weighted by atomic mass is 19.2. The van der Waals surface area contributed by atoms with Crippen molar-refractivity contribution in [2.24, 2.45) is 5.41 Å². The zero-order valence-electron chi connectivity index (χ0n) is 25.9. The molecule has 44 heavy (non-hydrogen) atoms. The number of carbonyl (C=O) groups excluding carboxylic acids is 3. The number of nitrogens with one attached hydrogen (secondary N) is 4. The Hall–Kier alpha value is -3.83. The maximum absolute atomic E-state index is 14.0. The van der Waals surface area contributed by atoms with Crippen LogP contribution >= 0.6 is 0 Å². The van der Waals surface area contributed by atoms with E-state index in [2.05, 4.69) is 38.3 Å². The SMILES string of the molecule is COCC1=C(C(=O)NCCCN2CCC(c3cccc(NC(=O)CC(C)(C)C)c3)CC2)C(c2ccc(F)c(F)c2)NC(=O)N1. The van der Waals surface area contributed by atoms with Gasteiger partial charge in [-0.2, -0.15) is 0 Å². The van der Waals surface area contributed by atoms with Crippen molar-refractivity contribution in [2.75, 3.05) is 45.2 Å². The van der Waals surface area contributed by atoms with Crippen molar-refractivity contribution < 1.29 is 27.9 Å². The first-order valence-electron chi connectivity index (χ1n) is 15.1. The first-order valence-corrected chi connectivity index (χ1v) is 15.1. The minimum atomic E-state index is -1.07. The van der Waals surface area contributed by atoms with Crippen LogP contribution in [0.25, 0.3) is 0 Å². The molecule has 2 aromatic rings. The molecule has 0 saturated carbocycles. The van der Waals surface area contributed by atoms with E-state index in [-0.39, 0.29) is 34.8 Å². The number of halogens is 2. The Labute approximate surface area is 257 Å². The maximum Gasteiger partial charge on any atom is 0.319 e. The third-order valence-electron chi connectivity index (χ3n) is 7.82. The summed E-state index contributed by atoms with van der Waals surface area (Å²) in [5.74, 6) is -2.07. The molecule has 0 spiro atoms. The van der Waals surface area contributed by atoms with Gasteiger partial charge in [0.1, 0.15) is 0 Å². The Morgan fingerprint density at radius 2 is 1.80 bits per heavy atom. The van der Waals surface area contributed by atoms with Crippen LogP contribution in [-0.2, 0) is 14.3 Å². The van der Waals surface area contributed by atoms with Crippen LogP contribution in [0.15, 0.2) is 53.7 Å². The number of amides is 4. The molecule has 4 N–H and O–H groups in total. The largest absolute Gasteiger partial charge is 0.378 e. The second-order valence-corrected chi connectivity index (χ2v) is 12.7. The fraction of sp³-hybridized carbons (Fsp3) is 0.485. The summed E-state index contributed by atoms with van der Waals surface area (Å²) in [6, 6.07) is 9.89. The van der Waals surface area contributed by atoms with Gasteiger partial charge in [-0.1, -0.05) is 39.0 Å². The van der Waals surface area contributed by atoms with Gasteiger partial charge in [-0.05, 0) is 85.6 Å². The third-order valence-corrected chi connectivity index (χ3v) is 7.82. The van der Waals surface area contributed by atoms with Crippen molar-refractivity contribution in [1.29, 1.82) is 0 Å². The Morgan fingerprint density at radius 3 is 2.48 bits per heavy atom. The second-order valence-electron chi connectivity index (χ2n) is 12.7. The van der Waals surface area contributed by atoms with Gasteiger partial charge in [0.25, 0.3) is 5.91 Å². The maximum atomic E-state index is 14.0. The minimum absolute atomic E-state index is 0.0205. The lowest BCUT2D eigenvalue weighted by Gasteiger charge is -2.32. The van der Waals surface area contributed by atoms with Gasteiger partial charge in [0.2, 0.25) is 5.91 Å². The number of benzene rings is 2. The van der Waals surface area contributed by atoms with Crippen LogP contribution in [0.3, 0.4) is 0 Å². The quantitative estimate of drug-likeness (QED) is 0.268. The molecule has 1 saturated heterocycles. The highest BCUT2D eigenvalue weighted by Crippen LogP contribution is 2.31. The molecule has 1 fully saturated rings. The number of likely N-dealkylation sites (tertiary alicyclic amines) is 1. The summed E-state index contributed by atoms with van der Waals surface area (Å²) < 4.78 is 32.7. The van der Waals surface area contributed by atoms with Crippen molar-refractivity contribution in [3.8, 4) is 0 Å². The van der Waals surface area contributed by atoms with Gasteiger partial charge < -0.3 is 30.9 Å². The van der Waals surface area contributed by atoms with Crippen molar-refractivity contribution in [3.05, 3.63) is 76.5 Å². The predicted octanol–water partition coefficient (Wildman–Crippen LogP) is 4.98. The number of hydrogen-bond donors (Lipinski definition) is 4. The van der Waals surface area contributed by atoms with Gasteiger partial charge in [0.15, 0.2) is 11.6 Å². The Kier molecular flexibility index (Phi) is 11.1. The van der Waals surface area contributed by atoms with Crippen molar-refractivity contribution >= 4 is 23.5 Å². The fourth-order valence-corrected chi connectivity index (χ4v) is 5.73. The van der Waals surface area contributed by atoms with Gasteiger partial charge in [0, 0.05) is 25.8 Å².